The maximum atomic E-state index is 5.58. The Labute approximate surface area is 102 Å². The van der Waals surface area contributed by atoms with Crippen molar-refractivity contribution < 1.29 is 0 Å². The van der Waals surface area contributed by atoms with Crippen molar-refractivity contribution in [3.63, 3.8) is 0 Å². The van der Waals surface area contributed by atoms with Crippen molar-refractivity contribution in [2.24, 2.45) is 5.73 Å². The van der Waals surface area contributed by atoms with Gasteiger partial charge in [-0.2, -0.15) is 0 Å². The molecule has 0 bridgehead atoms. The number of piperidine rings is 1. The molecule has 1 aromatic heterocycles. The first-order chi connectivity index (χ1) is 7.70. The maximum Gasteiger partial charge on any atom is 0.0943 e. The normalized spacial score (nSPS) is 19.2. The van der Waals surface area contributed by atoms with Crippen LogP contribution in [0.4, 0.5) is 0 Å². The molecule has 0 saturated carbocycles. The van der Waals surface area contributed by atoms with Gasteiger partial charge in [0.15, 0.2) is 0 Å². The Morgan fingerprint density at radius 1 is 1.44 bits per heavy atom. The number of nitrogens with two attached hydrogens (primary N) is 1. The smallest absolute Gasteiger partial charge is 0.0943 e. The van der Waals surface area contributed by atoms with E-state index >= 15 is 0 Å². The Morgan fingerprint density at radius 3 is 2.75 bits per heavy atom. The van der Waals surface area contributed by atoms with Crippen LogP contribution in [-0.4, -0.2) is 36.6 Å². The summed E-state index contributed by atoms with van der Waals surface area (Å²) >= 11 is 1.83. The zero-order chi connectivity index (χ0) is 11.5. The highest BCUT2D eigenvalue weighted by molar-refractivity contribution is 7.11. The molecule has 2 rings (SSSR count). The van der Waals surface area contributed by atoms with Crippen LogP contribution in [0.5, 0.6) is 0 Å². The average Bonchev–Trinajstić information content (AvgIpc) is 2.61. The standard InChI is InChI=1S/C12H21N3S/c1-9-12(14-11(16-9)3-6-13)10-4-7-15(2)8-5-10/h10H,3-8,13H2,1-2H3. The van der Waals surface area contributed by atoms with E-state index in [0.717, 1.165) is 6.42 Å². The van der Waals surface area contributed by atoms with Gasteiger partial charge in [0.25, 0.3) is 0 Å². The van der Waals surface area contributed by atoms with Crippen molar-refractivity contribution >= 4 is 11.3 Å². The van der Waals surface area contributed by atoms with Crippen molar-refractivity contribution in [2.75, 3.05) is 26.7 Å². The van der Waals surface area contributed by atoms with E-state index < -0.39 is 0 Å². The van der Waals surface area contributed by atoms with Crippen molar-refractivity contribution in [3.05, 3.63) is 15.6 Å². The number of aryl methyl sites for hydroxylation is 1. The van der Waals surface area contributed by atoms with Crippen molar-refractivity contribution in [3.8, 4) is 0 Å². The van der Waals surface area contributed by atoms with Crippen LogP contribution in [0.3, 0.4) is 0 Å². The zero-order valence-corrected chi connectivity index (χ0v) is 11.0. The summed E-state index contributed by atoms with van der Waals surface area (Å²) in [6, 6.07) is 0. The summed E-state index contributed by atoms with van der Waals surface area (Å²) in [6.07, 6.45) is 3.43. The van der Waals surface area contributed by atoms with E-state index in [-0.39, 0.29) is 0 Å². The average molecular weight is 239 g/mol. The maximum absolute atomic E-state index is 5.58. The molecular formula is C12H21N3S. The molecule has 2 N–H and O–H groups in total. The van der Waals surface area contributed by atoms with Crippen molar-refractivity contribution in [2.45, 2.75) is 32.1 Å². The highest BCUT2D eigenvalue weighted by atomic mass is 32.1. The summed E-state index contributed by atoms with van der Waals surface area (Å²) in [5.41, 5.74) is 6.93. The van der Waals surface area contributed by atoms with Crippen LogP contribution in [0.2, 0.25) is 0 Å². The Kier molecular flexibility index (Phi) is 3.95. The van der Waals surface area contributed by atoms with Crippen LogP contribution < -0.4 is 5.73 Å². The molecule has 1 fully saturated rings. The third-order valence-electron chi connectivity index (χ3n) is 3.34. The monoisotopic (exact) mass is 239 g/mol. The molecule has 1 aliphatic rings. The van der Waals surface area contributed by atoms with Gasteiger partial charge >= 0.3 is 0 Å². The molecule has 0 atom stereocenters. The van der Waals surface area contributed by atoms with Crippen LogP contribution in [0, 0.1) is 6.92 Å². The molecule has 1 saturated heterocycles. The lowest BCUT2D eigenvalue weighted by atomic mass is 9.93. The first-order valence-corrected chi connectivity index (χ1v) is 6.87. The summed E-state index contributed by atoms with van der Waals surface area (Å²) in [5, 5.41) is 1.22. The van der Waals surface area contributed by atoms with E-state index in [2.05, 4.69) is 18.9 Å². The van der Waals surface area contributed by atoms with Crippen LogP contribution >= 0.6 is 11.3 Å². The van der Waals surface area contributed by atoms with Gasteiger partial charge in [-0.1, -0.05) is 0 Å². The SMILES string of the molecule is Cc1sc(CCN)nc1C1CCN(C)CC1. The lowest BCUT2D eigenvalue weighted by Crippen LogP contribution is -2.29. The van der Waals surface area contributed by atoms with Crippen LogP contribution in [0.25, 0.3) is 0 Å². The predicted octanol–water partition coefficient (Wildman–Crippen LogP) is 1.76. The van der Waals surface area contributed by atoms with Gasteiger partial charge in [0.05, 0.1) is 10.7 Å². The van der Waals surface area contributed by atoms with Gasteiger partial charge in [-0.3, -0.25) is 0 Å². The molecule has 0 aliphatic carbocycles. The predicted molar refractivity (Wildman–Crippen MR) is 69.1 cm³/mol. The third kappa shape index (κ3) is 2.62. The zero-order valence-electron chi connectivity index (χ0n) is 10.2. The lowest BCUT2D eigenvalue weighted by molar-refractivity contribution is 0.253. The molecule has 90 valence electrons. The van der Waals surface area contributed by atoms with Crippen LogP contribution in [0.15, 0.2) is 0 Å². The Bertz CT molecular complexity index is 340. The van der Waals surface area contributed by atoms with E-state index in [1.54, 1.807) is 0 Å². The second kappa shape index (κ2) is 5.25. The van der Waals surface area contributed by atoms with Gasteiger partial charge in [0.1, 0.15) is 0 Å². The number of rotatable bonds is 3. The van der Waals surface area contributed by atoms with Crippen molar-refractivity contribution in [1.29, 1.82) is 0 Å². The summed E-state index contributed by atoms with van der Waals surface area (Å²) in [6.45, 7) is 5.31. The molecule has 0 aromatic carbocycles. The quantitative estimate of drug-likeness (QED) is 0.874. The molecule has 0 unspecified atom stereocenters. The summed E-state index contributed by atoms with van der Waals surface area (Å²) < 4.78 is 0. The highest BCUT2D eigenvalue weighted by Gasteiger charge is 2.22. The van der Waals surface area contributed by atoms with Crippen molar-refractivity contribution in [1.82, 2.24) is 9.88 Å². The number of aromatic nitrogens is 1. The number of hydrogen-bond donors (Lipinski definition) is 1. The Morgan fingerprint density at radius 2 is 2.12 bits per heavy atom. The Balaban J connectivity index is 2.08. The first kappa shape index (κ1) is 12.0. The fourth-order valence-electron chi connectivity index (χ4n) is 2.36. The second-order valence-electron chi connectivity index (χ2n) is 4.67. The molecule has 16 heavy (non-hydrogen) atoms. The fourth-order valence-corrected chi connectivity index (χ4v) is 3.39. The van der Waals surface area contributed by atoms with E-state index in [0.29, 0.717) is 12.5 Å². The summed E-state index contributed by atoms with van der Waals surface area (Å²) in [5.74, 6) is 0.680. The molecule has 2 heterocycles. The van der Waals surface area contributed by atoms with E-state index in [1.165, 1.54) is 41.5 Å². The molecule has 0 radical (unpaired) electrons. The Hall–Kier alpha value is -0.450. The van der Waals surface area contributed by atoms with E-state index in [4.69, 9.17) is 10.7 Å². The van der Waals surface area contributed by atoms with Crippen LogP contribution in [0.1, 0.15) is 34.3 Å². The minimum absolute atomic E-state index is 0.680. The van der Waals surface area contributed by atoms with E-state index in [1.807, 2.05) is 11.3 Å². The molecule has 3 nitrogen and oxygen atoms in total. The van der Waals surface area contributed by atoms with E-state index in [9.17, 15) is 0 Å². The second-order valence-corrected chi connectivity index (χ2v) is 5.95. The molecule has 0 spiro atoms. The molecular weight excluding hydrogens is 218 g/mol. The molecule has 4 heteroatoms. The molecule has 1 aliphatic heterocycles. The molecule has 0 amide bonds. The van der Waals surface area contributed by atoms with Gasteiger partial charge < -0.3 is 10.6 Å². The van der Waals surface area contributed by atoms with Gasteiger partial charge in [-0.05, 0) is 46.4 Å². The summed E-state index contributed by atoms with van der Waals surface area (Å²) in [4.78, 5) is 8.57. The van der Waals surface area contributed by atoms with Gasteiger partial charge in [-0.15, -0.1) is 11.3 Å². The van der Waals surface area contributed by atoms with Gasteiger partial charge in [0.2, 0.25) is 0 Å². The third-order valence-corrected chi connectivity index (χ3v) is 4.39. The highest BCUT2D eigenvalue weighted by Crippen LogP contribution is 2.31. The minimum Gasteiger partial charge on any atom is -0.330 e. The lowest BCUT2D eigenvalue weighted by Gasteiger charge is -2.28. The number of nitrogens with zero attached hydrogens (tertiary/aromatic N) is 2. The van der Waals surface area contributed by atoms with Crippen LogP contribution in [-0.2, 0) is 6.42 Å². The first-order valence-electron chi connectivity index (χ1n) is 6.05. The fraction of sp³-hybridized carbons (Fsp3) is 0.750. The summed E-state index contributed by atoms with van der Waals surface area (Å²) in [7, 11) is 2.20. The van der Waals surface area contributed by atoms with Gasteiger partial charge in [0, 0.05) is 17.2 Å². The topological polar surface area (TPSA) is 42.1 Å². The number of thiazole rings is 1. The van der Waals surface area contributed by atoms with Gasteiger partial charge in [-0.25, -0.2) is 4.98 Å². The minimum atomic E-state index is 0.680. The molecule has 1 aromatic rings. The number of hydrogen-bond acceptors (Lipinski definition) is 4. The number of likely N-dealkylation sites (tertiary alicyclic amines) is 1. The largest absolute Gasteiger partial charge is 0.330 e.